The van der Waals surface area contributed by atoms with Crippen molar-refractivity contribution in [3.8, 4) is 0 Å². The highest BCUT2D eigenvalue weighted by atomic mass is 32.2. The molecule has 0 amide bonds. The van der Waals surface area contributed by atoms with Crippen molar-refractivity contribution in [2.45, 2.75) is 57.7 Å². The molecule has 4 bridgehead atoms. The number of thioether (sulfide) groups is 1. The van der Waals surface area contributed by atoms with Gasteiger partial charge in [0.1, 0.15) is 11.6 Å². The minimum Gasteiger partial charge on any atom is -0.382 e. The van der Waals surface area contributed by atoms with Crippen LogP contribution in [-0.2, 0) is 22.4 Å². The van der Waals surface area contributed by atoms with Crippen molar-refractivity contribution in [1.82, 2.24) is 5.32 Å². The molecular formula is C26H31FN2O2S. The lowest BCUT2D eigenvalue weighted by Crippen LogP contribution is -2.46. The van der Waals surface area contributed by atoms with Crippen molar-refractivity contribution >= 4 is 29.5 Å². The summed E-state index contributed by atoms with van der Waals surface area (Å²) in [4.78, 5) is 29.4. The van der Waals surface area contributed by atoms with Gasteiger partial charge < -0.3 is 5.32 Å². The summed E-state index contributed by atoms with van der Waals surface area (Å²) in [5, 5.41) is 3.63. The van der Waals surface area contributed by atoms with Crippen molar-refractivity contribution in [2.75, 3.05) is 5.75 Å². The van der Waals surface area contributed by atoms with Gasteiger partial charge in [-0.2, -0.15) is 11.8 Å². The number of nitrogens with zero attached hydrogens (tertiary/aromatic N) is 1. The van der Waals surface area contributed by atoms with Crippen LogP contribution in [0.2, 0.25) is 0 Å². The molecule has 2 fully saturated rings. The van der Waals surface area contributed by atoms with Gasteiger partial charge in [0.25, 0.3) is 0 Å². The van der Waals surface area contributed by atoms with Gasteiger partial charge in [-0.3, -0.25) is 14.6 Å². The Morgan fingerprint density at radius 3 is 2.78 bits per heavy atom. The monoisotopic (exact) mass is 454 g/mol. The molecule has 6 heteroatoms. The lowest BCUT2D eigenvalue weighted by Gasteiger charge is -2.35. The normalized spacial score (nSPS) is 34.2. The number of hydrogen-bond acceptors (Lipinski definition) is 5. The quantitative estimate of drug-likeness (QED) is 0.665. The predicted molar refractivity (Wildman–Crippen MR) is 129 cm³/mol. The number of carbonyl (C=O) groups is 2. The first-order valence-corrected chi connectivity index (χ1v) is 12.3. The second-order valence-corrected chi connectivity index (χ2v) is 10.7. The van der Waals surface area contributed by atoms with Crippen LogP contribution in [0.5, 0.6) is 0 Å². The SMILES string of the molecule is C=C1Cc2ccc(C)c(c2)CC(=O)CSC2CC3CC2C(N/C(C)=C(F)/C=N\1)C3C(C)=O. The Labute approximate surface area is 193 Å². The molecule has 4 rings (SSSR count). The fraction of sp³-hybridized carbons (Fsp3) is 0.500. The van der Waals surface area contributed by atoms with E-state index in [1.54, 1.807) is 25.6 Å². The first-order chi connectivity index (χ1) is 15.2. The van der Waals surface area contributed by atoms with Crippen LogP contribution in [0.1, 0.15) is 43.4 Å². The maximum atomic E-state index is 14.8. The van der Waals surface area contributed by atoms with Crippen LogP contribution in [-0.4, -0.2) is 34.8 Å². The number of halogens is 1. The maximum Gasteiger partial charge on any atom is 0.159 e. The van der Waals surface area contributed by atoms with E-state index in [0.717, 1.165) is 29.5 Å². The molecule has 1 aliphatic heterocycles. The van der Waals surface area contributed by atoms with E-state index in [1.165, 1.54) is 6.21 Å². The Hall–Kier alpha value is -2.21. The number of allylic oxidation sites excluding steroid dienone is 3. The molecule has 1 N–H and O–H groups in total. The molecule has 0 radical (unpaired) electrons. The summed E-state index contributed by atoms with van der Waals surface area (Å²) in [5.74, 6) is 0.848. The van der Waals surface area contributed by atoms with Crippen LogP contribution in [0.3, 0.4) is 0 Å². The first-order valence-electron chi connectivity index (χ1n) is 11.3. The standard InChI is InChI=1S/C26H31FN2O2S/c1-14-5-6-18-7-15(2)28-12-23(27)16(3)29-26-22-10-20(25(26)17(4)30)11-24(22)32-13-21(31)9-19(14)8-18/h5-6,8,12,20,22,24-26,29H,2,7,9-11,13H2,1,3-4H3/b23-16-,28-12-. The Kier molecular flexibility index (Phi) is 6.70. The second kappa shape index (κ2) is 9.34. The third-order valence-corrected chi connectivity index (χ3v) is 8.64. The van der Waals surface area contributed by atoms with Crippen LogP contribution in [0.4, 0.5) is 4.39 Å². The molecule has 0 aromatic heterocycles. The van der Waals surface area contributed by atoms with Gasteiger partial charge in [-0.1, -0.05) is 24.8 Å². The molecule has 1 aromatic carbocycles. The average Bonchev–Trinajstić information content (AvgIpc) is 3.30. The predicted octanol–water partition coefficient (Wildman–Crippen LogP) is 4.75. The lowest BCUT2D eigenvalue weighted by atomic mass is 9.81. The van der Waals surface area contributed by atoms with Gasteiger partial charge in [-0.05, 0) is 62.1 Å². The number of hydrogen-bond donors (Lipinski definition) is 1. The van der Waals surface area contributed by atoms with E-state index < -0.39 is 5.83 Å². The summed E-state index contributed by atoms with van der Waals surface area (Å²) in [7, 11) is 0. The highest BCUT2D eigenvalue weighted by Crippen LogP contribution is 2.53. The van der Waals surface area contributed by atoms with Crippen LogP contribution in [0, 0.1) is 24.7 Å². The molecule has 1 aromatic rings. The van der Waals surface area contributed by atoms with E-state index in [9.17, 15) is 14.0 Å². The number of aliphatic imine (C=N–C) groups is 1. The van der Waals surface area contributed by atoms with Crippen LogP contribution >= 0.6 is 11.8 Å². The zero-order valence-corrected chi connectivity index (χ0v) is 19.8. The zero-order valence-electron chi connectivity index (χ0n) is 19.0. The first kappa shape index (κ1) is 23.0. The summed E-state index contributed by atoms with van der Waals surface area (Å²) in [6.45, 7) is 9.32. The van der Waals surface area contributed by atoms with Gasteiger partial charge in [0.05, 0.1) is 12.0 Å². The largest absolute Gasteiger partial charge is 0.382 e. The molecule has 0 saturated heterocycles. The molecule has 5 atom stereocenters. The second-order valence-electron chi connectivity index (χ2n) is 9.50. The Balaban J connectivity index is 1.65. The molecule has 5 unspecified atom stereocenters. The van der Waals surface area contributed by atoms with E-state index in [2.05, 4.69) is 16.9 Å². The van der Waals surface area contributed by atoms with Crippen molar-refractivity contribution in [3.63, 3.8) is 0 Å². The minimum atomic E-state index is -0.440. The van der Waals surface area contributed by atoms with Gasteiger partial charge in [-0.15, -0.1) is 0 Å². The zero-order chi connectivity index (χ0) is 23.0. The molecule has 3 aliphatic rings. The Bertz CT molecular complexity index is 1020. The topological polar surface area (TPSA) is 58.5 Å². The highest BCUT2D eigenvalue weighted by Gasteiger charge is 2.54. The van der Waals surface area contributed by atoms with E-state index in [-0.39, 0.29) is 29.4 Å². The summed E-state index contributed by atoms with van der Waals surface area (Å²) in [5.41, 5.74) is 4.08. The van der Waals surface area contributed by atoms with Gasteiger partial charge in [0.2, 0.25) is 0 Å². The van der Waals surface area contributed by atoms with Gasteiger partial charge in [0.15, 0.2) is 5.83 Å². The smallest absolute Gasteiger partial charge is 0.159 e. The number of fused-ring (bicyclic) bond motifs is 3. The average molecular weight is 455 g/mol. The molecule has 170 valence electrons. The van der Waals surface area contributed by atoms with Crippen LogP contribution in [0.15, 0.2) is 47.0 Å². The number of nitrogens with one attached hydrogen (secondary N) is 1. The van der Waals surface area contributed by atoms with Crippen LogP contribution < -0.4 is 5.32 Å². The Morgan fingerprint density at radius 2 is 2.03 bits per heavy atom. The fourth-order valence-corrected chi connectivity index (χ4v) is 7.02. The van der Waals surface area contributed by atoms with E-state index in [4.69, 9.17) is 0 Å². The van der Waals surface area contributed by atoms with Gasteiger partial charge >= 0.3 is 0 Å². The summed E-state index contributed by atoms with van der Waals surface area (Å²) >= 11 is 1.71. The third kappa shape index (κ3) is 4.75. The molecular weight excluding hydrogens is 423 g/mol. The molecule has 2 aliphatic carbocycles. The van der Waals surface area contributed by atoms with E-state index in [1.807, 2.05) is 25.1 Å². The molecule has 4 nitrogen and oxygen atoms in total. The number of ketones is 2. The van der Waals surface area contributed by atoms with Gasteiger partial charge in [-0.25, -0.2) is 4.39 Å². The summed E-state index contributed by atoms with van der Waals surface area (Å²) < 4.78 is 14.8. The lowest BCUT2D eigenvalue weighted by molar-refractivity contribution is -0.123. The summed E-state index contributed by atoms with van der Waals surface area (Å²) in [6.07, 6.45) is 4.02. The number of benzene rings is 1. The number of aryl methyl sites for hydroxylation is 1. The van der Waals surface area contributed by atoms with Crippen molar-refractivity contribution in [1.29, 1.82) is 0 Å². The minimum absolute atomic E-state index is 0.103. The number of Topliss-reactive ketones (excluding diaryl/α,β-unsaturated/α-hetero) is 2. The Morgan fingerprint density at radius 1 is 1.25 bits per heavy atom. The molecule has 2 saturated carbocycles. The van der Waals surface area contributed by atoms with E-state index >= 15 is 0 Å². The highest BCUT2D eigenvalue weighted by molar-refractivity contribution is 8.00. The van der Waals surface area contributed by atoms with E-state index in [0.29, 0.717) is 41.2 Å². The van der Waals surface area contributed by atoms with Crippen LogP contribution in [0.25, 0.3) is 0 Å². The van der Waals surface area contributed by atoms with Crippen molar-refractivity contribution in [3.05, 3.63) is 58.7 Å². The summed E-state index contributed by atoms with van der Waals surface area (Å²) in [6, 6.07) is 5.96. The fourth-order valence-electron chi connectivity index (χ4n) is 5.61. The third-order valence-electron chi connectivity index (χ3n) is 7.18. The molecule has 1 heterocycles. The van der Waals surface area contributed by atoms with Crippen molar-refractivity contribution in [2.24, 2.45) is 22.7 Å². The maximum absolute atomic E-state index is 14.8. The number of carbonyl (C=O) groups excluding carboxylic acids is 2. The molecule has 32 heavy (non-hydrogen) atoms. The van der Waals surface area contributed by atoms with Gasteiger partial charge in [0, 0.05) is 41.4 Å². The van der Waals surface area contributed by atoms with Crippen molar-refractivity contribution < 1.29 is 14.0 Å². The number of rotatable bonds is 1. The molecule has 0 spiro atoms.